The normalized spacial score (nSPS) is 22.6. The molecule has 2 heterocycles. The first kappa shape index (κ1) is 15.9. The number of hydrogen-bond donors (Lipinski definition) is 0. The number of carbonyl (C=O) groups is 2. The number of rotatable bonds is 3. The molecule has 2 aliphatic rings. The summed E-state index contributed by atoms with van der Waals surface area (Å²) < 4.78 is 0. The van der Waals surface area contributed by atoms with Gasteiger partial charge in [-0.05, 0) is 49.1 Å². The van der Waals surface area contributed by atoms with Crippen molar-refractivity contribution in [2.75, 3.05) is 9.80 Å². The summed E-state index contributed by atoms with van der Waals surface area (Å²) in [6.07, 6.45) is 2.10. The molecule has 0 N–H and O–H groups in total. The van der Waals surface area contributed by atoms with Crippen LogP contribution in [0.15, 0.2) is 48.5 Å². The number of amides is 2. The van der Waals surface area contributed by atoms with Gasteiger partial charge in [-0.15, -0.1) is 0 Å². The van der Waals surface area contributed by atoms with Gasteiger partial charge in [0.15, 0.2) is 0 Å². The maximum atomic E-state index is 13.1. The second-order valence-electron chi connectivity index (χ2n) is 6.90. The molecule has 2 atom stereocenters. The van der Waals surface area contributed by atoms with Crippen LogP contribution < -0.4 is 9.80 Å². The number of hydrogen-bond acceptors (Lipinski definition) is 3. The summed E-state index contributed by atoms with van der Waals surface area (Å²) in [5.41, 5.74) is 4.21. The summed E-state index contributed by atoms with van der Waals surface area (Å²) in [5, 5.41) is 0. The molecule has 4 heteroatoms. The van der Waals surface area contributed by atoms with Crippen molar-refractivity contribution >= 4 is 23.2 Å². The van der Waals surface area contributed by atoms with Gasteiger partial charge in [-0.2, -0.15) is 0 Å². The Labute approximate surface area is 148 Å². The molecule has 2 aromatic carbocycles. The maximum absolute atomic E-state index is 13.1. The second-order valence-corrected chi connectivity index (χ2v) is 6.90. The zero-order valence-corrected chi connectivity index (χ0v) is 14.6. The SMILES string of the molecule is CCc1ccc(N2C(=O)CC(N3c4ccccc4CC3C)C2=O)cc1. The first-order valence-electron chi connectivity index (χ1n) is 8.92. The van der Waals surface area contributed by atoms with Gasteiger partial charge in [0.25, 0.3) is 5.91 Å². The highest BCUT2D eigenvalue weighted by atomic mass is 16.2. The van der Waals surface area contributed by atoms with E-state index in [0.29, 0.717) is 5.69 Å². The van der Waals surface area contributed by atoms with E-state index >= 15 is 0 Å². The van der Waals surface area contributed by atoms with E-state index in [-0.39, 0.29) is 24.3 Å². The van der Waals surface area contributed by atoms with E-state index in [2.05, 4.69) is 30.9 Å². The molecule has 0 aliphatic carbocycles. The number of fused-ring (bicyclic) bond motifs is 1. The van der Waals surface area contributed by atoms with Crippen molar-refractivity contribution in [1.29, 1.82) is 0 Å². The molecule has 1 saturated heterocycles. The molecule has 2 aliphatic heterocycles. The Morgan fingerprint density at radius 2 is 1.72 bits per heavy atom. The third-order valence-electron chi connectivity index (χ3n) is 5.32. The summed E-state index contributed by atoms with van der Waals surface area (Å²) in [5.74, 6) is -0.228. The lowest BCUT2D eigenvalue weighted by Gasteiger charge is -2.30. The van der Waals surface area contributed by atoms with E-state index in [1.54, 1.807) is 0 Å². The fraction of sp³-hybridized carbons (Fsp3) is 0.333. The Kier molecular flexibility index (Phi) is 3.83. The fourth-order valence-corrected chi connectivity index (χ4v) is 4.05. The fourth-order valence-electron chi connectivity index (χ4n) is 4.05. The summed E-state index contributed by atoms with van der Waals surface area (Å²) >= 11 is 0. The van der Waals surface area contributed by atoms with Crippen LogP contribution in [0.2, 0.25) is 0 Å². The van der Waals surface area contributed by atoms with E-state index in [4.69, 9.17) is 0 Å². The van der Waals surface area contributed by atoms with Gasteiger partial charge >= 0.3 is 0 Å². The van der Waals surface area contributed by atoms with Gasteiger partial charge in [0, 0.05) is 11.7 Å². The van der Waals surface area contributed by atoms with E-state index in [0.717, 1.165) is 18.5 Å². The molecule has 1 fully saturated rings. The van der Waals surface area contributed by atoms with Gasteiger partial charge in [-0.1, -0.05) is 37.3 Å². The Balaban J connectivity index is 1.65. The highest BCUT2D eigenvalue weighted by Gasteiger charge is 2.46. The zero-order chi connectivity index (χ0) is 17.6. The smallest absolute Gasteiger partial charge is 0.256 e. The highest BCUT2D eigenvalue weighted by molar-refractivity contribution is 6.23. The molecule has 0 radical (unpaired) electrons. The third kappa shape index (κ3) is 2.53. The van der Waals surface area contributed by atoms with Crippen LogP contribution in [0.25, 0.3) is 0 Å². The molecular formula is C21H22N2O2. The lowest BCUT2D eigenvalue weighted by Crippen LogP contribution is -2.45. The first-order valence-corrected chi connectivity index (χ1v) is 8.92. The molecule has 4 nitrogen and oxygen atoms in total. The predicted molar refractivity (Wildman–Crippen MR) is 98.8 cm³/mol. The Bertz CT molecular complexity index is 828. The molecule has 2 amide bonds. The minimum atomic E-state index is -0.406. The molecule has 0 bridgehead atoms. The lowest BCUT2D eigenvalue weighted by atomic mass is 10.1. The van der Waals surface area contributed by atoms with Gasteiger partial charge in [0.1, 0.15) is 6.04 Å². The maximum Gasteiger partial charge on any atom is 0.256 e. The van der Waals surface area contributed by atoms with Gasteiger partial charge in [-0.25, -0.2) is 4.90 Å². The van der Waals surface area contributed by atoms with Crippen molar-refractivity contribution < 1.29 is 9.59 Å². The average Bonchev–Trinajstić information content (AvgIpc) is 3.10. The number of carbonyl (C=O) groups excluding carboxylic acids is 2. The van der Waals surface area contributed by atoms with Crippen molar-refractivity contribution in [2.45, 2.75) is 45.2 Å². The number of imide groups is 1. The summed E-state index contributed by atoms with van der Waals surface area (Å²) in [6, 6.07) is 15.7. The molecule has 2 unspecified atom stereocenters. The molecule has 0 aromatic heterocycles. The van der Waals surface area contributed by atoms with Crippen molar-refractivity contribution in [3.63, 3.8) is 0 Å². The monoisotopic (exact) mass is 334 g/mol. The van der Waals surface area contributed by atoms with Crippen LogP contribution >= 0.6 is 0 Å². The number of anilines is 2. The lowest BCUT2D eigenvalue weighted by molar-refractivity contribution is -0.121. The van der Waals surface area contributed by atoms with Crippen LogP contribution in [0.4, 0.5) is 11.4 Å². The molecule has 0 saturated carbocycles. The van der Waals surface area contributed by atoms with Crippen LogP contribution in [0, 0.1) is 0 Å². The Hall–Kier alpha value is -2.62. The van der Waals surface area contributed by atoms with Gasteiger partial charge < -0.3 is 4.90 Å². The van der Waals surface area contributed by atoms with Crippen LogP contribution in [-0.2, 0) is 22.4 Å². The van der Waals surface area contributed by atoms with Crippen LogP contribution in [0.1, 0.15) is 31.4 Å². The third-order valence-corrected chi connectivity index (χ3v) is 5.32. The Morgan fingerprint density at radius 3 is 2.44 bits per heavy atom. The minimum Gasteiger partial charge on any atom is -0.356 e. The summed E-state index contributed by atoms with van der Waals surface area (Å²) in [7, 11) is 0. The first-order chi connectivity index (χ1) is 12.1. The molecule has 0 spiro atoms. The van der Waals surface area contributed by atoms with Crippen molar-refractivity contribution in [3.05, 3.63) is 59.7 Å². The topological polar surface area (TPSA) is 40.6 Å². The summed E-state index contributed by atoms with van der Waals surface area (Å²) in [6.45, 7) is 4.21. The van der Waals surface area contributed by atoms with Crippen molar-refractivity contribution in [3.8, 4) is 0 Å². The zero-order valence-electron chi connectivity index (χ0n) is 14.6. The highest BCUT2D eigenvalue weighted by Crippen LogP contribution is 2.37. The van der Waals surface area contributed by atoms with Crippen molar-refractivity contribution in [2.24, 2.45) is 0 Å². The number of benzene rings is 2. The second kappa shape index (κ2) is 6.03. The minimum absolute atomic E-state index is 0.113. The number of nitrogens with zero attached hydrogens (tertiary/aromatic N) is 2. The predicted octanol–water partition coefficient (Wildman–Crippen LogP) is 3.33. The summed E-state index contributed by atoms with van der Waals surface area (Å²) in [4.78, 5) is 29.2. The van der Waals surface area contributed by atoms with Crippen LogP contribution in [0.5, 0.6) is 0 Å². The van der Waals surface area contributed by atoms with E-state index in [1.807, 2.05) is 36.4 Å². The van der Waals surface area contributed by atoms with Crippen molar-refractivity contribution in [1.82, 2.24) is 0 Å². The molecule has 2 aromatic rings. The Morgan fingerprint density at radius 1 is 1.00 bits per heavy atom. The van der Waals surface area contributed by atoms with E-state index in [9.17, 15) is 9.59 Å². The number of para-hydroxylation sites is 1. The molecule has 25 heavy (non-hydrogen) atoms. The number of aryl methyl sites for hydroxylation is 1. The quantitative estimate of drug-likeness (QED) is 0.809. The average molecular weight is 334 g/mol. The van der Waals surface area contributed by atoms with Gasteiger partial charge in [0.05, 0.1) is 12.1 Å². The van der Waals surface area contributed by atoms with Crippen LogP contribution in [0.3, 0.4) is 0 Å². The molecule has 4 rings (SSSR count). The molecular weight excluding hydrogens is 312 g/mol. The van der Waals surface area contributed by atoms with E-state index in [1.165, 1.54) is 16.0 Å². The van der Waals surface area contributed by atoms with E-state index < -0.39 is 6.04 Å². The molecule has 128 valence electrons. The standard InChI is InChI=1S/C21H22N2O2/c1-3-15-8-10-17(11-9-15)23-20(24)13-19(21(23)25)22-14(2)12-16-6-4-5-7-18(16)22/h4-11,14,19H,3,12-13H2,1-2H3. The van der Waals surface area contributed by atoms with Gasteiger partial charge in [-0.3, -0.25) is 9.59 Å². The largest absolute Gasteiger partial charge is 0.356 e. The van der Waals surface area contributed by atoms with Gasteiger partial charge in [0.2, 0.25) is 5.91 Å². The van der Waals surface area contributed by atoms with Crippen LogP contribution in [-0.4, -0.2) is 23.9 Å².